The highest BCUT2D eigenvalue weighted by molar-refractivity contribution is 6.25. The Kier molecular flexibility index (Phi) is 5.18. The lowest BCUT2D eigenvalue weighted by Gasteiger charge is -2.27. The van der Waals surface area contributed by atoms with Gasteiger partial charge in [-0.1, -0.05) is 133 Å². The number of hydrogen-bond donors (Lipinski definition) is 0. The van der Waals surface area contributed by atoms with E-state index in [1.165, 1.54) is 11.0 Å². The summed E-state index contributed by atoms with van der Waals surface area (Å²) in [6.45, 7) is 0. The van der Waals surface area contributed by atoms with Crippen LogP contribution in [-0.4, -0.2) is 4.98 Å². The number of para-hydroxylation sites is 2. The number of aromatic nitrogens is 1. The first kappa shape index (κ1) is 22.6. The first-order valence-electron chi connectivity index (χ1n) is 22.7. The van der Waals surface area contributed by atoms with Crippen LogP contribution in [0.5, 0.6) is 0 Å². The normalized spacial score (nSPS) is 14.2. The van der Waals surface area contributed by atoms with Crippen LogP contribution in [0.15, 0.2) is 203 Å². The Balaban J connectivity index is 1.14. The first-order valence-corrected chi connectivity index (χ1v) is 17.7. The van der Waals surface area contributed by atoms with E-state index in [2.05, 4.69) is 0 Å². The van der Waals surface area contributed by atoms with Crippen LogP contribution in [0.4, 0.5) is 17.1 Å². The lowest BCUT2D eigenvalue weighted by molar-refractivity contribution is 0.620. The van der Waals surface area contributed by atoms with Gasteiger partial charge in [0, 0.05) is 38.7 Å². The van der Waals surface area contributed by atoms with E-state index >= 15 is 0 Å². The van der Waals surface area contributed by atoms with Crippen LogP contribution in [0, 0.1) is 0 Å². The minimum atomic E-state index is -0.602. The van der Waals surface area contributed by atoms with Crippen molar-refractivity contribution in [3.05, 3.63) is 194 Å². The predicted molar refractivity (Wildman–Crippen MR) is 227 cm³/mol. The third-order valence-corrected chi connectivity index (χ3v) is 9.95. The van der Waals surface area contributed by atoms with Crippen molar-refractivity contribution in [2.75, 3.05) is 4.90 Å². The van der Waals surface area contributed by atoms with Crippen LogP contribution in [0.3, 0.4) is 0 Å². The molecule has 0 saturated heterocycles. The Morgan fingerprint density at radius 2 is 1.20 bits per heavy atom. The van der Waals surface area contributed by atoms with Crippen molar-refractivity contribution in [3.63, 3.8) is 0 Å². The highest BCUT2D eigenvalue weighted by Gasteiger charge is 2.21. The van der Waals surface area contributed by atoms with Crippen molar-refractivity contribution in [1.29, 1.82) is 0 Å². The minimum absolute atomic E-state index is 0.152. The molecule has 2 heterocycles. The number of oxazole rings is 1. The highest BCUT2D eigenvalue weighted by Crippen LogP contribution is 2.46. The largest absolute Gasteiger partial charge is 0.456 e. The molecule has 0 bridgehead atoms. The lowest BCUT2D eigenvalue weighted by atomic mass is 9.92. The second-order valence-corrected chi connectivity index (χ2v) is 13.1. The second kappa shape index (κ2) is 12.6. The molecular formula is C51H32N2O2. The molecule has 0 aliphatic carbocycles. The fourth-order valence-electron chi connectivity index (χ4n) is 7.52. The van der Waals surface area contributed by atoms with E-state index in [1.807, 2.05) is 91.0 Å². The van der Waals surface area contributed by atoms with E-state index in [-0.39, 0.29) is 39.8 Å². The SMILES string of the molecule is [2H]c1cc(-c2cccc3oc4cc(-c5cccc6oc(-c7ccccc7)nc56)c5ccccc5c4c23)c([2H])c([2H])c1N(c1ccccc1)c1c([2H])c([2H])c([2H])c2c([2H])c([2H])c([2H])c([2H])c12. The van der Waals surface area contributed by atoms with Gasteiger partial charge in [-0.3, -0.25) is 0 Å². The maximum absolute atomic E-state index is 9.63. The molecule has 0 aliphatic heterocycles. The summed E-state index contributed by atoms with van der Waals surface area (Å²) in [5, 5.41) is 2.76. The van der Waals surface area contributed by atoms with Gasteiger partial charge in [-0.25, -0.2) is 4.98 Å². The number of furan rings is 1. The number of nitrogens with zero attached hydrogens (tertiary/aromatic N) is 2. The van der Waals surface area contributed by atoms with E-state index in [4.69, 9.17) is 22.0 Å². The van der Waals surface area contributed by atoms with Crippen LogP contribution >= 0.6 is 0 Å². The van der Waals surface area contributed by atoms with Crippen molar-refractivity contribution in [1.82, 2.24) is 4.98 Å². The molecule has 4 heteroatoms. The average Bonchev–Trinajstić information content (AvgIpc) is 3.95. The molecule has 0 saturated carbocycles. The molecule has 11 aromatic rings. The summed E-state index contributed by atoms with van der Waals surface area (Å²) in [6, 6.07) is 36.0. The molecule has 0 unspecified atom stereocenters. The van der Waals surface area contributed by atoms with Gasteiger partial charge in [0.2, 0.25) is 5.89 Å². The summed E-state index contributed by atoms with van der Waals surface area (Å²) < 4.78 is 103. The van der Waals surface area contributed by atoms with E-state index in [1.54, 1.807) is 36.4 Å². The molecule has 0 fully saturated rings. The van der Waals surface area contributed by atoms with E-state index in [0.29, 0.717) is 44.8 Å². The Labute approximate surface area is 331 Å². The van der Waals surface area contributed by atoms with Crippen molar-refractivity contribution in [3.8, 4) is 33.7 Å². The molecule has 0 amide bonds. The van der Waals surface area contributed by atoms with Gasteiger partial charge in [0.15, 0.2) is 5.58 Å². The summed E-state index contributed by atoms with van der Waals surface area (Å²) in [5.41, 5.74) is 5.77. The highest BCUT2D eigenvalue weighted by atomic mass is 16.3. The number of fused-ring (bicyclic) bond motifs is 7. The zero-order valence-electron chi connectivity index (χ0n) is 38.9. The Bertz CT molecular complexity index is 3790. The monoisotopic (exact) mass is 714 g/mol. The van der Waals surface area contributed by atoms with E-state index in [0.717, 1.165) is 32.8 Å². The van der Waals surface area contributed by atoms with Gasteiger partial charge in [-0.05, 0) is 93.4 Å². The van der Waals surface area contributed by atoms with E-state index in [9.17, 15) is 5.48 Å². The number of benzene rings is 9. The zero-order valence-corrected chi connectivity index (χ0v) is 28.9. The Hall–Kier alpha value is -7.43. The summed E-state index contributed by atoms with van der Waals surface area (Å²) in [5.74, 6) is 0.506. The standard InChI is InChI=1S/C51H32N2O2/c1-3-15-35(16-4-1)51-52-50-42(24-13-27-46(50)55-51)43-32-47-49(41-22-10-9-21-40(41)43)48-39(23-12-26-45(48)54-47)34-28-30-37(31-29-34)53(36-18-5-2-6-19-36)44-25-11-17-33-14-7-8-20-38(33)44/h1-32H/i7D,8D,11D,14D,17D,20D,25D,28D,30D,31D. The number of hydrogen-bond acceptors (Lipinski definition) is 4. The van der Waals surface area contributed by atoms with Crippen LogP contribution in [0.1, 0.15) is 13.7 Å². The van der Waals surface area contributed by atoms with E-state index < -0.39 is 48.3 Å². The molecule has 9 aromatic carbocycles. The van der Waals surface area contributed by atoms with Crippen LogP contribution in [-0.2, 0) is 0 Å². The van der Waals surface area contributed by atoms with Crippen molar-refractivity contribution >= 4 is 71.6 Å². The minimum Gasteiger partial charge on any atom is -0.456 e. The second-order valence-electron chi connectivity index (χ2n) is 13.1. The zero-order chi connectivity index (χ0) is 45.0. The van der Waals surface area contributed by atoms with Crippen LogP contribution in [0.25, 0.3) is 88.3 Å². The topological polar surface area (TPSA) is 42.4 Å². The summed E-state index contributed by atoms with van der Waals surface area (Å²) in [4.78, 5) is 6.28. The third kappa shape index (κ3) is 5.11. The number of anilines is 3. The van der Waals surface area contributed by atoms with Gasteiger partial charge in [-0.2, -0.15) is 0 Å². The summed E-state index contributed by atoms with van der Waals surface area (Å²) >= 11 is 0. The molecule has 0 radical (unpaired) electrons. The molecule has 0 spiro atoms. The van der Waals surface area contributed by atoms with Gasteiger partial charge in [0.1, 0.15) is 16.7 Å². The summed E-state index contributed by atoms with van der Waals surface area (Å²) in [6.07, 6.45) is 0. The van der Waals surface area contributed by atoms with Gasteiger partial charge >= 0.3 is 0 Å². The van der Waals surface area contributed by atoms with Crippen molar-refractivity contribution in [2.24, 2.45) is 0 Å². The Morgan fingerprint density at radius 1 is 0.455 bits per heavy atom. The quantitative estimate of drug-likeness (QED) is 0.172. The van der Waals surface area contributed by atoms with Crippen molar-refractivity contribution in [2.45, 2.75) is 0 Å². The molecule has 4 nitrogen and oxygen atoms in total. The third-order valence-electron chi connectivity index (χ3n) is 9.95. The molecule has 0 N–H and O–H groups in total. The predicted octanol–water partition coefficient (Wildman–Crippen LogP) is 14.5. The average molecular weight is 715 g/mol. The molecule has 11 rings (SSSR count). The maximum atomic E-state index is 9.63. The first-order chi connectivity index (χ1) is 31.4. The maximum Gasteiger partial charge on any atom is 0.227 e. The molecule has 258 valence electrons. The van der Waals surface area contributed by atoms with Gasteiger partial charge in [0.05, 0.1) is 19.4 Å². The van der Waals surface area contributed by atoms with Crippen LogP contribution < -0.4 is 4.90 Å². The summed E-state index contributed by atoms with van der Waals surface area (Å²) in [7, 11) is 0. The smallest absolute Gasteiger partial charge is 0.227 e. The van der Waals surface area contributed by atoms with Gasteiger partial charge in [0.25, 0.3) is 0 Å². The molecule has 55 heavy (non-hydrogen) atoms. The number of rotatable bonds is 6. The lowest BCUT2D eigenvalue weighted by Crippen LogP contribution is -2.10. The van der Waals surface area contributed by atoms with Crippen molar-refractivity contribution < 1.29 is 22.5 Å². The molecule has 2 aromatic heterocycles. The fourth-order valence-corrected chi connectivity index (χ4v) is 7.52. The Morgan fingerprint density at radius 3 is 2.07 bits per heavy atom. The molecule has 0 aliphatic rings. The van der Waals surface area contributed by atoms with Gasteiger partial charge in [-0.15, -0.1) is 0 Å². The molecule has 0 atom stereocenters. The van der Waals surface area contributed by atoms with Gasteiger partial charge < -0.3 is 13.7 Å². The van der Waals surface area contributed by atoms with Crippen LogP contribution in [0.2, 0.25) is 0 Å². The fraction of sp³-hybridized carbons (Fsp3) is 0. The molecular weight excluding hydrogens is 673 g/mol.